The predicted molar refractivity (Wildman–Crippen MR) is 98.2 cm³/mol. The number of phenolic OH excluding ortho intramolecular Hbond substituents is 1. The van der Waals surface area contributed by atoms with Crippen LogP contribution in [0.25, 0.3) is 0 Å². The second kappa shape index (κ2) is 8.09. The summed E-state index contributed by atoms with van der Waals surface area (Å²) in [4.78, 5) is 16.6. The van der Waals surface area contributed by atoms with E-state index in [1.807, 2.05) is 25.2 Å². The van der Waals surface area contributed by atoms with Crippen molar-refractivity contribution in [3.8, 4) is 5.75 Å². The zero-order valence-corrected chi connectivity index (χ0v) is 15.1. The van der Waals surface area contributed by atoms with Crippen LogP contribution in [0.3, 0.4) is 0 Å². The summed E-state index contributed by atoms with van der Waals surface area (Å²) in [6.07, 6.45) is 1.71. The first-order valence-electron chi connectivity index (χ1n) is 8.64. The second-order valence-electron chi connectivity index (χ2n) is 6.33. The summed E-state index contributed by atoms with van der Waals surface area (Å²) in [7, 11) is 3.46. The topological polar surface area (TPSA) is 82.9 Å². The maximum atomic E-state index is 12.7. The van der Waals surface area contributed by atoms with Gasteiger partial charge >= 0.3 is 6.03 Å². The van der Waals surface area contributed by atoms with E-state index < -0.39 is 0 Å². The van der Waals surface area contributed by atoms with Crippen LogP contribution in [0, 0.1) is 0 Å². The highest BCUT2D eigenvalue weighted by Gasteiger charge is 2.25. The van der Waals surface area contributed by atoms with Crippen molar-refractivity contribution in [2.45, 2.75) is 6.04 Å². The minimum absolute atomic E-state index is 0.108. The van der Waals surface area contributed by atoms with Crippen molar-refractivity contribution < 1.29 is 14.6 Å². The number of benzene rings is 1. The smallest absolute Gasteiger partial charge is 0.318 e. The van der Waals surface area contributed by atoms with Gasteiger partial charge in [-0.3, -0.25) is 4.68 Å². The standard InChI is InChI=1S/C18H25N5O3/c1-21-17(6-7-19-21)16(13-26-2)20-18(25)23-10-8-22(9-11-23)14-4-3-5-15(24)12-14/h3-7,12,16,24H,8-11,13H2,1-2H3,(H,20,25)/t16-/m0/s1. The molecular weight excluding hydrogens is 334 g/mol. The number of nitrogens with zero attached hydrogens (tertiary/aromatic N) is 4. The Balaban J connectivity index is 1.58. The first-order chi connectivity index (χ1) is 12.6. The molecule has 2 heterocycles. The van der Waals surface area contributed by atoms with Gasteiger partial charge in [0.2, 0.25) is 0 Å². The van der Waals surface area contributed by atoms with E-state index in [9.17, 15) is 9.90 Å². The molecule has 2 amide bonds. The fourth-order valence-corrected chi connectivity index (χ4v) is 3.19. The van der Waals surface area contributed by atoms with Crippen molar-refractivity contribution in [3.05, 3.63) is 42.2 Å². The number of methoxy groups -OCH3 is 1. The monoisotopic (exact) mass is 359 g/mol. The van der Waals surface area contributed by atoms with Crippen LogP contribution in [0.15, 0.2) is 36.5 Å². The summed E-state index contributed by atoms with van der Waals surface area (Å²) < 4.78 is 6.99. The van der Waals surface area contributed by atoms with Gasteiger partial charge in [-0.15, -0.1) is 0 Å². The number of ether oxygens (including phenoxy) is 1. The normalized spacial score (nSPS) is 15.8. The minimum Gasteiger partial charge on any atom is -0.508 e. The molecule has 0 bridgehead atoms. The molecule has 0 aliphatic carbocycles. The van der Waals surface area contributed by atoms with Gasteiger partial charge < -0.3 is 25.0 Å². The number of anilines is 1. The molecule has 1 fully saturated rings. The van der Waals surface area contributed by atoms with E-state index in [2.05, 4.69) is 15.3 Å². The molecule has 2 aromatic rings. The van der Waals surface area contributed by atoms with Crippen LogP contribution < -0.4 is 10.2 Å². The van der Waals surface area contributed by atoms with E-state index >= 15 is 0 Å². The molecule has 1 saturated heterocycles. The van der Waals surface area contributed by atoms with E-state index in [1.165, 1.54) is 0 Å². The van der Waals surface area contributed by atoms with Gasteiger partial charge in [-0.25, -0.2) is 4.79 Å². The molecule has 1 aromatic heterocycles. The summed E-state index contributed by atoms with van der Waals surface area (Å²) in [6, 6.07) is 8.71. The fourth-order valence-electron chi connectivity index (χ4n) is 3.19. The van der Waals surface area contributed by atoms with Crippen molar-refractivity contribution in [1.82, 2.24) is 20.0 Å². The maximum Gasteiger partial charge on any atom is 0.318 e. The van der Waals surface area contributed by atoms with Crippen molar-refractivity contribution in [2.75, 3.05) is 44.8 Å². The third kappa shape index (κ3) is 4.08. The van der Waals surface area contributed by atoms with E-state index in [0.717, 1.165) is 24.5 Å². The van der Waals surface area contributed by atoms with Gasteiger partial charge in [-0.05, 0) is 18.2 Å². The van der Waals surface area contributed by atoms with E-state index in [1.54, 1.807) is 35.0 Å². The SMILES string of the molecule is COC[C@H](NC(=O)N1CCN(c2cccc(O)c2)CC1)c1ccnn1C. The third-order valence-corrected chi connectivity index (χ3v) is 4.61. The molecule has 8 heteroatoms. The van der Waals surface area contributed by atoms with Gasteiger partial charge in [0, 0.05) is 58.3 Å². The Bertz CT molecular complexity index is 740. The lowest BCUT2D eigenvalue weighted by molar-refractivity contribution is 0.151. The van der Waals surface area contributed by atoms with Crippen molar-refractivity contribution >= 4 is 11.7 Å². The van der Waals surface area contributed by atoms with Crippen molar-refractivity contribution in [1.29, 1.82) is 0 Å². The number of aromatic hydroxyl groups is 1. The Morgan fingerprint density at radius 2 is 2.08 bits per heavy atom. The van der Waals surface area contributed by atoms with Gasteiger partial charge in [-0.1, -0.05) is 6.07 Å². The van der Waals surface area contributed by atoms with Crippen LogP contribution in [0.5, 0.6) is 5.75 Å². The Labute approximate surface area is 153 Å². The fraction of sp³-hybridized carbons (Fsp3) is 0.444. The largest absolute Gasteiger partial charge is 0.508 e. The predicted octanol–water partition coefficient (Wildman–Crippen LogP) is 1.35. The average Bonchev–Trinajstić information content (AvgIpc) is 3.07. The van der Waals surface area contributed by atoms with Gasteiger partial charge in [0.15, 0.2) is 0 Å². The number of carbonyl (C=O) groups excluding carboxylic acids is 1. The van der Waals surface area contributed by atoms with Crippen LogP contribution in [0.2, 0.25) is 0 Å². The summed E-state index contributed by atoms with van der Waals surface area (Å²) >= 11 is 0. The lowest BCUT2D eigenvalue weighted by atomic mass is 10.2. The van der Waals surface area contributed by atoms with Crippen LogP contribution in [0.4, 0.5) is 10.5 Å². The number of carbonyl (C=O) groups is 1. The number of rotatable bonds is 5. The Hall–Kier alpha value is -2.74. The molecule has 1 aromatic carbocycles. The number of amides is 2. The molecule has 26 heavy (non-hydrogen) atoms. The number of aryl methyl sites for hydroxylation is 1. The quantitative estimate of drug-likeness (QED) is 0.842. The minimum atomic E-state index is -0.246. The zero-order chi connectivity index (χ0) is 18.5. The highest BCUT2D eigenvalue weighted by Crippen LogP contribution is 2.21. The molecular formula is C18H25N5O3. The Morgan fingerprint density at radius 1 is 1.31 bits per heavy atom. The number of hydrogen-bond acceptors (Lipinski definition) is 5. The first kappa shape index (κ1) is 18.1. The molecule has 1 aliphatic rings. The first-order valence-corrected chi connectivity index (χ1v) is 8.64. The molecule has 0 radical (unpaired) electrons. The second-order valence-corrected chi connectivity index (χ2v) is 6.33. The zero-order valence-electron chi connectivity index (χ0n) is 15.1. The lowest BCUT2D eigenvalue weighted by Crippen LogP contribution is -2.52. The number of urea groups is 1. The number of aromatic nitrogens is 2. The highest BCUT2D eigenvalue weighted by molar-refractivity contribution is 5.75. The van der Waals surface area contributed by atoms with E-state index in [-0.39, 0.29) is 17.8 Å². The summed E-state index contributed by atoms with van der Waals surface area (Å²) in [5, 5.41) is 16.8. The van der Waals surface area contributed by atoms with Crippen LogP contribution >= 0.6 is 0 Å². The highest BCUT2D eigenvalue weighted by atomic mass is 16.5. The number of piperazine rings is 1. The summed E-state index contributed by atoms with van der Waals surface area (Å²) in [6.45, 7) is 3.06. The molecule has 3 rings (SSSR count). The maximum absolute atomic E-state index is 12.7. The molecule has 0 spiro atoms. The van der Waals surface area contributed by atoms with E-state index in [4.69, 9.17) is 4.74 Å². The molecule has 0 saturated carbocycles. The van der Waals surface area contributed by atoms with Gasteiger partial charge in [-0.2, -0.15) is 5.10 Å². The molecule has 2 N–H and O–H groups in total. The molecule has 1 atom stereocenters. The lowest BCUT2D eigenvalue weighted by Gasteiger charge is -2.36. The Kier molecular flexibility index (Phi) is 5.62. The summed E-state index contributed by atoms with van der Waals surface area (Å²) in [5.74, 6) is 0.251. The third-order valence-electron chi connectivity index (χ3n) is 4.61. The number of nitrogens with one attached hydrogen (secondary N) is 1. The Morgan fingerprint density at radius 3 is 2.69 bits per heavy atom. The van der Waals surface area contributed by atoms with Gasteiger partial charge in [0.05, 0.1) is 18.3 Å². The molecule has 0 unspecified atom stereocenters. The van der Waals surface area contributed by atoms with E-state index in [0.29, 0.717) is 19.7 Å². The molecule has 140 valence electrons. The van der Waals surface area contributed by atoms with Crippen molar-refractivity contribution in [2.24, 2.45) is 7.05 Å². The van der Waals surface area contributed by atoms with Crippen LogP contribution in [-0.2, 0) is 11.8 Å². The summed E-state index contributed by atoms with van der Waals surface area (Å²) in [5.41, 5.74) is 1.87. The van der Waals surface area contributed by atoms with Crippen molar-refractivity contribution in [3.63, 3.8) is 0 Å². The van der Waals surface area contributed by atoms with Gasteiger partial charge in [0.1, 0.15) is 5.75 Å². The number of hydrogen-bond donors (Lipinski definition) is 2. The number of phenols is 1. The van der Waals surface area contributed by atoms with Gasteiger partial charge in [0.25, 0.3) is 0 Å². The average molecular weight is 359 g/mol. The molecule has 1 aliphatic heterocycles. The van der Waals surface area contributed by atoms with Crippen LogP contribution in [-0.4, -0.2) is 65.7 Å². The van der Waals surface area contributed by atoms with Crippen LogP contribution in [0.1, 0.15) is 11.7 Å². The molecule has 8 nitrogen and oxygen atoms in total.